The summed E-state index contributed by atoms with van der Waals surface area (Å²) in [5.41, 5.74) is -0.191. The smallest absolute Gasteiger partial charge is 0.240 e. The number of ketones is 1. The molecule has 0 aromatic heterocycles. The molecular formula is C12H16FNO3S. The lowest BCUT2D eigenvalue weighted by molar-refractivity contribution is 0.0984. The SMILES string of the molecule is CCC(=O)c1cc(S(=O)(=O)NC(C)C)ccc1F. The van der Waals surface area contributed by atoms with E-state index in [0.29, 0.717) is 0 Å². The summed E-state index contributed by atoms with van der Waals surface area (Å²) in [6, 6.07) is 2.95. The van der Waals surface area contributed by atoms with Crippen LogP contribution in [0.1, 0.15) is 37.6 Å². The molecule has 0 atom stereocenters. The molecule has 1 aromatic carbocycles. The molecule has 1 N–H and O–H groups in total. The second-order valence-electron chi connectivity index (χ2n) is 4.19. The summed E-state index contributed by atoms with van der Waals surface area (Å²) in [6.07, 6.45) is 0.123. The summed E-state index contributed by atoms with van der Waals surface area (Å²) in [4.78, 5) is 11.4. The first-order chi connectivity index (χ1) is 8.27. The van der Waals surface area contributed by atoms with Crippen LogP contribution in [0.3, 0.4) is 0 Å². The molecule has 1 rings (SSSR count). The number of hydrogen-bond acceptors (Lipinski definition) is 3. The molecule has 1 aromatic rings. The van der Waals surface area contributed by atoms with Crippen molar-refractivity contribution in [1.29, 1.82) is 0 Å². The average Bonchev–Trinajstić information content (AvgIpc) is 2.26. The largest absolute Gasteiger partial charge is 0.294 e. The number of rotatable bonds is 5. The molecule has 0 aliphatic heterocycles. The highest BCUT2D eigenvalue weighted by molar-refractivity contribution is 7.89. The lowest BCUT2D eigenvalue weighted by Crippen LogP contribution is -2.30. The third kappa shape index (κ3) is 3.36. The molecule has 0 radical (unpaired) electrons. The Bertz CT molecular complexity index is 552. The van der Waals surface area contributed by atoms with Gasteiger partial charge in [0.2, 0.25) is 10.0 Å². The number of carbonyl (C=O) groups is 1. The van der Waals surface area contributed by atoms with Gasteiger partial charge in [-0.15, -0.1) is 0 Å². The van der Waals surface area contributed by atoms with E-state index in [2.05, 4.69) is 4.72 Å². The molecular weight excluding hydrogens is 257 g/mol. The minimum Gasteiger partial charge on any atom is -0.294 e. The van der Waals surface area contributed by atoms with Crippen molar-refractivity contribution in [3.05, 3.63) is 29.6 Å². The van der Waals surface area contributed by atoms with E-state index in [1.165, 1.54) is 0 Å². The van der Waals surface area contributed by atoms with Gasteiger partial charge in [0, 0.05) is 12.5 Å². The molecule has 0 aliphatic carbocycles. The number of Topliss-reactive ketones (excluding diaryl/α,β-unsaturated/α-hetero) is 1. The third-order valence-electron chi connectivity index (χ3n) is 2.26. The first kappa shape index (κ1) is 14.8. The molecule has 0 saturated heterocycles. The minimum atomic E-state index is -3.71. The third-order valence-corrected chi connectivity index (χ3v) is 3.92. The van der Waals surface area contributed by atoms with Gasteiger partial charge in [-0.3, -0.25) is 4.79 Å². The summed E-state index contributed by atoms with van der Waals surface area (Å²) < 4.78 is 39.5. The fourth-order valence-corrected chi connectivity index (χ4v) is 2.73. The van der Waals surface area contributed by atoms with E-state index in [1.807, 2.05) is 0 Å². The van der Waals surface area contributed by atoms with Gasteiger partial charge in [-0.25, -0.2) is 17.5 Å². The molecule has 18 heavy (non-hydrogen) atoms. The van der Waals surface area contributed by atoms with E-state index in [0.717, 1.165) is 18.2 Å². The standard InChI is InChI=1S/C12H16FNO3S/c1-4-12(15)10-7-9(5-6-11(10)13)18(16,17)14-8(2)3/h5-8,14H,4H2,1-3H3. The maximum Gasteiger partial charge on any atom is 0.240 e. The van der Waals surface area contributed by atoms with Gasteiger partial charge >= 0.3 is 0 Å². The van der Waals surface area contributed by atoms with Gasteiger partial charge in [-0.05, 0) is 32.0 Å². The molecule has 100 valence electrons. The van der Waals surface area contributed by atoms with E-state index in [1.54, 1.807) is 20.8 Å². The lowest BCUT2D eigenvalue weighted by Gasteiger charge is -2.10. The van der Waals surface area contributed by atoms with Gasteiger partial charge in [-0.1, -0.05) is 6.92 Å². The normalized spacial score (nSPS) is 11.8. The molecule has 0 unspecified atom stereocenters. The van der Waals surface area contributed by atoms with Crippen molar-refractivity contribution in [1.82, 2.24) is 4.72 Å². The van der Waals surface area contributed by atoms with Gasteiger partial charge in [0.05, 0.1) is 10.5 Å². The van der Waals surface area contributed by atoms with E-state index < -0.39 is 21.6 Å². The van der Waals surface area contributed by atoms with Crippen LogP contribution in [0.4, 0.5) is 4.39 Å². The van der Waals surface area contributed by atoms with Crippen LogP contribution in [0, 0.1) is 5.82 Å². The van der Waals surface area contributed by atoms with Gasteiger partial charge in [0.25, 0.3) is 0 Å². The second-order valence-corrected chi connectivity index (χ2v) is 5.91. The topological polar surface area (TPSA) is 63.2 Å². The van der Waals surface area contributed by atoms with Crippen molar-refractivity contribution >= 4 is 15.8 Å². The highest BCUT2D eigenvalue weighted by atomic mass is 32.2. The van der Waals surface area contributed by atoms with Crippen LogP contribution >= 0.6 is 0 Å². The van der Waals surface area contributed by atoms with E-state index in [4.69, 9.17) is 0 Å². The highest BCUT2D eigenvalue weighted by Gasteiger charge is 2.19. The van der Waals surface area contributed by atoms with Crippen molar-refractivity contribution in [2.24, 2.45) is 0 Å². The first-order valence-electron chi connectivity index (χ1n) is 5.63. The van der Waals surface area contributed by atoms with Crippen LogP contribution in [0.25, 0.3) is 0 Å². The predicted octanol–water partition coefficient (Wildman–Crippen LogP) is 2.11. The number of halogens is 1. The van der Waals surface area contributed by atoms with E-state index in [-0.39, 0.29) is 22.9 Å². The van der Waals surface area contributed by atoms with Crippen molar-refractivity contribution in [2.75, 3.05) is 0 Å². The lowest BCUT2D eigenvalue weighted by atomic mass is 10.1. The number of hydrogen-bond donors (Lipinski definition) is 1. The second kappa shape index (κ2) is 5.58. The van der Waals surface area contributed by atoms with Gasteiger partial charge in [-0.2, -0.15) is 0 Å². The molecule has 0 saturated carbocycles. The van der Waals surface area contributed by atoms with Crippen LogP contribution in [0.15, 0.2) is 23.1 Å². The van der Waals surface area contributed by atoms with Crippen molar-refractivity contribution in [3.63, 3.8) is 0 Å². The van der Waals surface area contributed by atoms with Gasteiger partial charge in [0.1, 0.15) is 5.82 Å². The average molecular weight is 273 g/mol. The first-order valence-corrected chi connectivity index (χ1v) is 7.11. The Labute approximate surface area is 106 Å². The Morgan fingerprint density at radius 1 is 1.39 bits per heavy atom. The number of benzene rings is 1. The quantitative estimate of drug-likeness (QED) is 0.836. The Hall–Kier alpha value is -1.27. The van der Waals surface area contributed by atoms with E-state index >= 15 is 0 Å². The molecule has 0 amide bonds. The fourth-order valence-electron chi connectivity index (χ4n) is 1.45. The Morgan fingerprint density at radius 3 is 2.50 bits per heavy atom. The maximum absolute atomic E-state index is 13.4. The summed E-state index contributed by atoms with van der Waals surface area (Å²) in [5.74, 6) is -1.13. The molecule has 0 spiro atoms. The zero-order valence-electron chi connectivity index (χ0n) is 10.5. The molecule has 0 heterocycles. The summed E-state index contributed by atoms with van der Waals surface area (Å²) in [5, 5.41) is 0. The van der Waals surface area contributed by atoms with E-state index in [9.17, 15) is 17.6 Å². The van der Waals surface area contributed by atoms with Crippen LogP contribution < -0.4 is 4.72 Å². The molecule has 0 bridgehead atoms. The monoisotopic (exact) mass is 273 g/mol. The fraction of sp³-hybridized carbons (Fsp3) is 0.417. The minimum absolute atomic E-state index is 0.102. The molecule has 4 nitrogen and oxygen atoms in total. The van der Waals surface area contributed by atoms with Gasteiger partial charge < -0.3 is 0 Å². The summed E-state index contributed by atoms with van der Waals surface area (Å²) >= 11 is 0. The highest BCUT2D eigenvalue weighted by Crippen LogP contribution is 2.17. The summed E-state index contributed by atoms with van der Waals surface area (Å²) in [7, 11) is -3.71. The summed E-state index contributed by atoms with van der Waals surface area (Å²) in [6.45, 7) is 4.95. The molecule has 6 heteroatoms. The Morgan fingerprint density at radius 2 is 2.00 bits per heavy atom. The van der Waals surface area contributed by atoms with Gasteiger partial charge in [0.15, 0.2) is 5.78 Å². The van der Waals surface area contributed by atoms with Crippen molar-refractivity contribution in [2.45, 2.75) is 38.1 Å². The zero-order valence-corrected chi connectivity index (χ0v) is 11.3. The van der Waals surface area contributed by atoms with Crippen LogP contribution in [0.5, 0.6) is 0 Å². The Balaban J connectivity index is 3.24. The van der Waals surface area contributed by atoms with Crippen molar-refractivity contribution in [3.8, 4) is 0 Å². The number of nitrogens with one attached hydrogen (secondary N) is 1. The number of sulfonamides is 1. The maximum atomic E-state index is 13.4. The van der Waals surface area contributed by atoms with Crippen molar-refractivity contribution < 1.29 is 17.6 Å². The molecule has 0 aliphatic rings. The zero-order chi connectivity index (χ0) is 13.9. The Kier molecular flexibility index (Phi) is 4.59. The van der Waals surface area contributed by atoms with Crippen LogP contribution in [-0.2, 0) is 10.0 Å². The predicted molar refractivity (Wildman–Crippen MR) is 66.5 cm³/mol. The number of carbonyl (C=O) groups excluding carboxylic acids is 1. The molecule has 0 fully saturated rings. The van der Waals surface area contributed by atoms with Crippen LogP contribution in [-0.4, -0.2) is 20.2 Å². The van der Waals surface area contributed by atoms with Crippen LogP contribution in [0.2, 0.25) is 0 Å².